The van der Waals surface area contributed by atoms with Crippen LogP contribution in [0.15, 0.2) is 0 Å². The number of hydrogen-bond acceptors (Lipinski definition) is 3. The summed E-state index contributed by atoms with van der Waals surface area (Å²) in [6.07, 6.45) is 0.477. The van der Waals surface area contributed by atoms with Crippen LogP contribution in [0.25, 0.3) is 0 Å². The molecule has 1 amide bonds. The Kier molecular flexibility index (Phi) is 4.29. The van der Waals surface area contributed by atoms with Gasteiger partial charge in [0.2, 0.25) is 5.91 Å². The first-order valence-corrected chi connectivity index (χ1v) is 5.51. The molecule has 0 bridgehead atoms. The van der Waals surface area contributed by atoms with Crippen molar-refractivity contribution in [1.29, 1.82) is 0 Å². The van der Waals surface area contributed by atoms with E-state index in [1.165, 1.54) is 0 Å². The van der Waals surface area contributed by atoms with Crippen LogP contribution in [0.5, 0.6) is 0 Å². The molecule has 0 aromatic rings. The minimum Gasteiger partial charge on any atom is -0.481 e. The highest BCUT2D eigenvalue weighted by molar-refractivity contribution is 5.89. The molecule has 0 aliphatic heterocycles. The van der Waals surface area contributed by atoms with Gasteiger partial charge in [0.05, 0.1) is 18.4 Å². The van der Waals surface area contributed by atoms with Crippen LogP contribution < -0.4 is 0 Å². The van der Waals surface area contributed by atoms with Crippen molar-refractivity contribution in [3.63, 3.8) is 0 Å². The van der Waals surface area contributed by atoms with E-state index in [0.29, 0.717) is 19.6 Å². The monoisotopic (exact) mass is 229 g/mol. The summed E-state index contributed by atoms with van der Waals surface area (Å²) in [4.78, 5) is 24.4. The molecule has 1 fully saturated rings. The fraction of sp³-hybridized carbons (Fsp3) is 0.818. The number of ether oxygens (including phenoxy) is 1. The maximum atomic E-state index is 12.0. The third-order valence-electron chi connectivity index (χ3n) is 2.87. The number of nitrogens with zero attached hydrogens (tertiary/aromatic N) is 1. The zero-order chi connectivity index (χ0) is 12.3. The smallest absolute Gasteiger partial charge is 0.307 e. The Morgan fingerprint density at radius 1 is 1.44 bits per heavy atom. The molecule has 92 valence electrons. The first-order chi connectivity index (χ1) is 7.49. The molecule has 0 aromatic heterocycles. The van der Waals surface area contributed by atoms with Crippen molar-refractivity contribution in [2.24, 2.45) is 11.8 Å². The van der Waals surface area contributed by atoms with Crippen LogP contribution in [0.2, 0.25) is 0 Å². The normalized spacial score (nSPS) is 23.2. The Morgan fingerprint density at radius 3 is 2.44 bits per heavy atom. The number of hydrogen-bond donors (Lipinski definition) is 1. The molecule has 1 rings (SSSR count). The molecule has 1 N–H and O–H groups in total. The second-order valence-corrected chi connectivity index (χ2v) is 4.41. The minimum atomic E-state index is -0.867. The number of aliphatic carboxylic acids is 1. The van der Waals surface area contributed by atoms with Gasteiger partial charge in [-0.3, -0.25) is 9.59 Å². The molecule has 0 saturated heterocycles. The van der Waals surface area contributed by atoms with Gasteiger partial charge >= 0.3 is 5.97 Å². The van der Waals surface area contributed by atoms with Crippen LogP contribution in [-0.4, -0.2) is 48.2 Å². The Balaban J connectivity index is 2.52. The van der Waals surface area contributed by atoms with Crippen molar-refractivity contribution >= 4 is 11.9 Å². The number of amides is 1. The maximum absolute atomic E-state index is 12.0. The lowest BCUT2D eigenvalue weighted by atomic mass is 10.2. The highest BCUT2D eigenvalue weighted by Gasteiger charge is 2.49. The van der Waals surface area contributed by atoms with Gasteiger partial charge in [-0.1, -0.05) is 0 Å². The fourth-order valence-corrected chi connectivity index (χ4v) is 1.77. The summed E-state index contributed by atoms with van der Waals surface area (Å²) >= 11 is 0. The van der Waals surface area contributed by atoms with E-state index in [1.807, 2.05) is 13.8 Å². The third-order valence-corrected chi connectivity index (χ3v) is 2.87. The molecule has 0 aromatic carbocycles. The molecule has 1 aliphatic rings. The molecule has 5 nitrogen and oxygen atoms in total. The minimum absolute atomic E-state index is 0.0561. The third kappa shape index (κ3) is 2.95. The molecule has 0 radical (unpaired) electrons. The van der Waals surface area contributed by atoms with Gasteiger partial charge in [0, 0.05) is 19.7 Å². The number of carbonyl (C=O) groups is 2. The van der Waals surface area contributed by atoms with Gasteiger partial charge in [-0.25, -0.2) is 0 Å². The van der Waals surface area contributed by atoms with Crippen molar-refractivity contribution in [3.8, 4) is 0 Å². The van der Waals surface area contributed by atoms with Gasteiger partial charge in [-0.05, 0) is 20.3 Å². The lowest BCUT2D eigenvalue weighted by Gasteiger charge is -2.26. The molecule has 0 spiro atoms. The first-order valence-electron chi connectivity index (χ1n) is 5.51. The van der Waals surface area contributed by atoms with E-state index < -0.39 is 11.9 Å². The highest BCUT2D eigenvalue weighted by Crippen LogP contribution is 2.40. The summed E-state index contributed by atoms with van der Waals surface area (Å²) < 4.78 is 4.94. The lowest BCUT2D eigenvalue weighted by Crippen LogP contribution is -2.40. The summed E-state index contributed by atoms with van der Waals surface area (Å²) in [6, 6.07) is 0.0812. The summed E-state index contributed by atoms with van der Waals surface area (Å²) in [5, 5.41) is 8.77. The van der Waals surface area contributed by atoms with E-state index in [0.717, 1.165) is 0 Å². The van der Waals surface area contributed by atoms with Gasteiger partial charge < -0.3 is 14.7 Å². The predicted molar refractivity (Wildman–Crippen MR) is 58.0 cm³/mol. The summed E-state index contributed by atoms with van der Waals surface area (Å²) in [5.41, 5.74) is 0. The summed E-state index contributed by atoms with van der Waals surface area (Å²) in [5.74, 6) is -1.72. The molecule has 16 heavy (non-hydrogen) atoms. The first kappa shape index (κ1) is 13.0. The number of methoxy groups -OCH3 is 1. The van der Waals surface area contributed by atoms with Crippen molar-refractivity contribution < 1.29 is 19.4 Å². The van der Waals surface area contributed by atoms with Crippen LogP contribution in [0, 0.1) is 11.8 Å². The van der Waals surface area contributed by atoms with Crippen molar-refractivity contribution in [1.82, 2.24) is 4.90 Å². The predicted octanol–water partition coefficient (Wildman–Crippen LogP) is 0.590. The molecular weight excluding hydrogens is 210 g/mol. The number of carbonyl (C=O) groups excluding carboxylic acids is 1. The van der Waals surface area contributed by atoms with Crippen molar-refractivity contribution in [2.45, 2.75) is 26.3 Å². The maximum Gasteiger partial charge on any atom is 0.307 e. The molecule has 0 unspecified atom stereocenters. The molecule has 5 heteroatoms. The van der Waals surface area contributed by atoms with E-state index in [1.54, 1.807) is 12.0 Å². The van der Waals surface area contributed by atoms with Gasteiger partial charge in [-0.15, -0.1) is 0 Å². The summed E-state index contributed by atoms with van der Waals surface area (Å²) in [6.45, 7) is 4.85. The van der Waals surface area contributed by atoms with Crippen LogP contribution in [0.1, 0.15) is 20.3 Å². The molecular formula is C11H19NO4. The molecule has 0 heterocycles. The number of carboxylic acids is 1. The van der Waals surface area contributed by atoms with Crippen LogP contribution in [-0.2, 0) is 14.3 Å². The zero-order valence-corrected chi connectivity index (χ0v) is 9.97. The largest absolute Gasteiger partial charge is 0.481 e. The van der Waals surface area contributed by atoms with Gasteiger partial charge in [0.25, 0.3) is 0 Å². The Bertz CT molecular complexity index is 277. The average molecular weight is 229 g/mol. The van der Waals surface area contributed by atoms with Gasteiger partial charge in [0.15, 0.2) is 0 Å². The van der Waals surface area contributed by atoms with E-state index in [2.05, 4.69) is 0 Å². The highest BCUT2D eigenvalue weighted by atomic mass is 16.5. The van der Waals surface area contributed by atoms with Crippen LogP contribution in [0.4, 0.5) is 0 Å². The quantitative estimate of drug-likeness (QED) is 0.724. The molecule has 1 saturated carbocycles. The Morgan fingerprint density at radius 2 is 2.06 bits per heavy atom. The van der Waals surface area contributed by atoms with Gasteiger partial charge in [-0.2, -0.15) is 0 Å². The molecule has 1 aliphatic carbocycles. The van der Waals surface area contributed by atoms with E-state index >= 15 is 0 Å². The van der Waals surface area contributed by atoms with E-state index in [4.69, 9.17) is 9.84 Å². The second kappa shape index (κ2) is 5.30. The van der Waals surface area contributed by atoms with E-state index in [-0.39, 0.29) is 17.9 Å². The lowest BCUT2D eigenvalue weighted by molar-refractivity contribution is -0.142. The average Bonchev–Trinajstić information content (AvgIpc) is 2.96. The standard InChI is InChI=1S/C11H19NO4/c1-7(2)12(4-5-16-3)10(13)8-6-9(8)11(14)15/h7-9H,4-6H2,1-3H3,(H,14,15)/t8-,9+/m1/s1. The van der Waals surface area contributed by atoms with Gasteiger partial charge in [0.1, 0.15) is 0 Å². The summed E-state index contributed by atoms with van der Waals surface area (Å²) in [7, 11) is 1.58. The van der Waals surface area contributed by atoms with Crippen LogP contribution >= 0.6 is 0 Å². The fourth-order valence-electron chi connectivity index (χ4n) is 1.77. The van der Waals surface area contributed by atoms with Crippen molar-refractivity contribution in [3.05, 3.63) is 0 Å². The number of carboxylic acid groups (broad SMARTS) is 1. The van der Waals surface area contributed by atoms with Crippen LogP contribution in [0.3, 0.4) is 0 Å². The number of rotatable bonds is 6. The van der Waals surface area contributed by atoms with Crippen molar-refractivity contribution in [2.75, 3.05) is 20.3 Å². The second-order valence-electron chi connectivity index (χ2n) is 4.41. The Labute approximate surface area is 95.4 Å². The topological polar surface area (TPSA) is 66.8 Å². The zero-order valence-electron chi connectivity index (χ0n) is 9.97. The van der Waals surface area contributed by atoms with E-state index in [9.17, 15) is 9.59 Å². The Hall–Kier alpha value is -1.10. The molecule has 2 atom stereocenters. The SMILES string of the molecule is COCCN(C(=O)[C@@H]1C[C@@H]1C(=O)O)C(C)C.